The van der Waals surface area contributed by atoms with Gasteiger partial charge < -0.3 is 9.67 Å². The van der Waals surface area contributed by atoms with E-state index < -0.39 is 22.0 Å². The van der Waals surface area contributed by atoms with Gasteiger partial charge in [0.1, 0.15) is 6.04 Å². The fraction of sp³-hybridized carbons (Fsp3) is 0.556. The number of carboxylic acids is 1. The van der Waals surface area contributed by atoms with Gasteiger partial charge in [-0.2, -0.15) is 4.31 Å². The van der Waals surface area contributed by atoms with Gasteiger partial charge in [0.2, 0.25) is 0 Å². The fourth-order valence-electron chi connectivity index (χ4n) is 1.62. The molecule has 9 heteroatoms. The monoisotopic (exact) mass is 291 g/mol. The molecule has 1 atom stereocenters. The number of aliphatic carboxylic acids is 1. The Hall–Kier alpha value is -1.06. The van der Waals surface area contributed by atoms with Gasteiger partial charge in [-0.3, -0.25) is 4.79 Å². The molecule has 2 rings (SSSR count). The van der Waals surface area contributed by atoms with Crippen LogP contribution in [0.2, 0.25) is 0 Å². The van der Waals surface area contributed by atoms with Crippen LogP contribution in [0, 0.1) is 0 Å². The van der Waals surface area contributed by atoms with E-state index in [9.17, 15) is 13.2 Å². The maximum Gasteiger partial charge on any atom is 0.322 e. The summed E-state index contributed by atoms with van der Waals surface area (Å²) >= 11 is 1.28. The number of hydrogen-bond donors (Lipinski definition) is 1. The van der Waals surface area contributed by atoms with Gasteiger partial charge in [0.05, 0.1) is 12.2 Å². The van der Waals surface area contributed by atoms with Crippen LogP contribution < -0.4 is 0 Å². The third-order valence-electron chi connectivity index (χ3n) is 2.67. The van der Waals surface area contributed by atoms with E-state index in [4.69, 9.17) is 5.11 Å². The molecule has 0 amide bonds. The van der Waals surface area contributed by atoms with Crippen molar-refractivity contribution >= 4 is 27.8 Å². The molecule has 1 aliphatic rings. The van der Waals surface area contributed by atoms with Gasteiger partial charge in [0.15, 0.2) is 5.03 Å². The first kappa shape index (κ1) is 13.4. The Bertz CT molecular complexity index is 554. The van der Waals surface area contributed by atoms with E-state index in [0.717, 1.165) is 4.31 Å². The summed E-state index contributed by atoms with van der Waals surface area (Å²) in [6.45, 7) is 2.48. The highest BCUT2D eigenvalue weighted by Gasteiger charge is 2.41. The smallest absolute Gasteiger partial charge is 0.322 e. The summed E-state index contributed by atoms with van der Waals surface area (Å²) < 4.78 is 27.1. The Kier molecular flexibility index (Phi) is 3.64. The minimum Gasteiger partial charge on any atom is -0.480 e. The minimum atomic E-state index is -3.82. The molecular formula is C9H13N3O4S2. The molecule has 1 aliphatic heterocycles. The molecule has 1 saturated heterocycles. The number of sulfonamides is 1. The van der Waals surface area contributed by atoms with Crippen LogP contribution in [-0.4, -0.2) is 51.0 Å². The summed E-state index contributed by atoms with van der Waals surface area (Å²) in [4.78, 5) is 14.8. The molecule has 1 N–H and O–H groups in total. The van der Waals surface area contributed by atoms with Crippen LogP contribution in [-0.2, 0) is 21.4 Å². The highest BCUT2D eigenvalue weighted by Crippen LogP contribution is 2.27. The van der Waals surface area contributed by atoms with Crippen molar-refractivity contribution in [3.8, 4) is 0 Å². The number of rotatable bonds is 4. The number of carbonyl (C=O) groups is 1. The number of aromatic nitrogens is 2. The van der Waals surface area contributed by atoms with E-state index in [1.807, 2.05) is 6.92 Å². The third kappa shape index (κ3) is 2.25. The molecule has 0 radical (unpaired) electrons. The van der Waals surface area contributed by atoms with E-state index in [2.05, 4.69) is 4.98 Å². The van der Waals surface area contributed by atoms with Crippen LogP contribution >= 0.6 is 11.8 Å². The summed E-state index contributed by atoms with van der Waals surface area (Å²) in [6, 6.07) is -1.01. The van der Waals surface area contributed by atoms with Crippen molar-refractivity contribution in [2.45, 2.75) is 24.5 Å². The molecule has 0 aromatic carbocycles. The molecule has 100 valence electrons. The van der Waals surface area contributed by atoms with Gasteiger partial charge in [-0.25, -0.2) is 13.4 Å². The summed E-state index contributed by atoms with van der Waals surface area (Å²) in [5.41, 5.74) is 0. The lowest BCUT2D eigenvalue weighted by atomic mass is 10.4. The predicted octanol–water partition coefficient (Wildman–Crippen LogP) is 0.0512. The average Bonchev–Trinajstić information content (AvgIpc) is 2.98. The Morgan fingerprint density at radius 1 is 1.67 bits per heavy atom. The summed E-state index contributed by atoms with van der Waals surface area (Å²) in [7, 11) is -3.82. The second-order valence-corrected chi connectivity index (χ2v) is 6.63. The van der Waals surface area contributed by atoms with Crippen LogP contribution in [0.1, 0.15) is 6.92 Å². The van der Waals surface area contributed by atoms with E-state index in [1.54, 1.807) is 4.57 Å². The topological polar surface area (TPSA) is 92.5 Å². The molecule has 0 spiro atoms. The number of nitrogens with zero attached hydrogens (tertiary/aromatic N) is 3. The van der Waals surface area contributed by atoms with Crippen LogP contribution in [0.3, 0.4) is 0 Å². The summed E-state index contributed by atoms with van der Waals surface area (Å²) in [5, 5.41) is 8.90. The SMILES string of the molecule is CCn1cnc(S(=O)(=O)N2CSCC2C(=O)O)c1. The Balaban J connectivity index is 2.33. The highest BCUT2D eigenvalue weighted by atomic mass is 32.2. The van der Waals surface area contributed by atoms with Crippen molar-refractivity contribution in [2.24, 2.45) is 0 Å². The van der Waals surface area contributed by atoms with E-state index in [-0.39, 0.29) is 16.7 Å². The number of thioether (sulfide) groups is 1. The highest BCUT2D eigenvalue weighted by molar-refractivity contribution is 8.00. The molecule has 0 bridgehead atoms. The number of carboxylic acid groups (broad SMARTS) is 1. The molecule has 1 aromatic rings. The molecule has 1 unspecified atom stereocenters. The van der Waals surface area contributed by atoms with Gasteiger partial charge in [0, 0.05) is 18.5 Å². The largest absolute Gasteiger partial charge is 0.480 e. The lowest BCUT2D eigenvalue weighted by Crippen LogP contribution is -2.41. The maximum absolute atomic E-state index is 12.3. The van der Waals surface area contributed by atoms with Crippen molar-refractivity contribution in [3.63, 3.8) is 0 Å². The van der Waals surface area contributed by atoms with Crippen molar-refractivity contribution in [3.05, 3.63) is 12.5 Å². The second kappa shape index (κ2) is 4.90. The average molecular weight is 291 g/mol. The quantitative estimate of drug-likeness (QED) is 0.842. The Morgan fingerprint density at radius 2 is 2.39 bits per heavy atom. The van der Waals surface area contributed by atoms with Crippen molar-refractivity contribution < 1.29 is 18.3 Å². The van der Waals surface area contributed by atoms with E-state index >= 15 is 0 Å². The number of aryl methyl sites for hydroxylation is 1. The van der Waals surface area contributed by atoms with Crippen molar-refractivity contribution in [1.82, 2.24) is 13.9 Å². The molecular weight excluding hydrogens is 278 g/mol. The normalized spacial score (nSPS) is 21.3. The zero-order valence-corrected chi connectivity index (χ0v) is 11.3. The van der Waals surface area contributed by atoms with Crippen molar-refractivity contribution in [2.75, 3.05) is 11.6 Å². The van der Waals surface area contributed by atoms with E-state index in [0.29, 0.717) is 6.54 Å². The van der Waals surface area contributed by atoms with Crippen LogP contribution in [0.5, 0.6) is 0 Å². The summed E-state index contributed by atoms with van der Waals surface area (Å²) in [5.74, 6) is -0.708. The zero-order chi connectivity index (χ0) is 13.3. The van der Waals surface area contributed by atoms with Crippen LogP contribution in [0.25, 0.3) is 0 Å². The fourth-order valence-corrected chi connectivity index (χ4v) is 4.70. The first-order valence-electron chi connectivity index (χ1n) is 5.31. The van der Waals surface area contributed by atoms with E-state index in [1.165, 1.54) is 24.3 Å². The lowest BCUT2D eigenvalue weighted by molar-refractivity contribution is -0.140. The Morgan fingerprint density at radius 3 is 2.94 bits per heavy atom. The maximum atomic E-state index is 12.3. The first-order valence-corrected chi connectivity index (χ1v) is 7.90. The Labute approximate surface area is 109 Å². The second-order valence-electron chi connectivity index (χ2n) is 3.79. The molecule has 2 heterocycles. The van der Waals surface area contributed by atoms with Gasteiger partial charge in [-0.1, -0.05) is 0 Å². The van der Waals surface area contributed by atoms with Gasteiger partial charge in [0.25, 0.3) is 10.0 Å². The lowest BCUT2D eigenvalue weighted by Gasteiger charge is -2.18. The first-order chi connectivity index (χ1) is 8.46. The molecule has 0 saturated carbocycles. The van der Waals surface area contributed by atoms with Gasteiger partial charge in [-0.05, 0) is 6.92 Å². The zero-order valence-electron chi connectivity index (χ0n) is 9.68. The molecule has 18 heavy (non-hydrogen) atoms. The predicted molar refractivity (Wildman–Crippen MR) is 65.7 cm³/mol. The third-order valence-corrected chi connectivity index (χ3v) is 5.59. The standard InChI is InChI=1S/C9H13N3O4S2/c1-2-11-3-8(10-5-11)18(15,16)12-6-17-4-7(12)9(13)14/h3,5,7H,2,4,6H2,1H3,(H,13,14). The van der Waals surface area contributed by atoms with Gasteiger partial charge >= 0.3 is 5.97 Å². The number of hydrogen-bond acceptors (Lipinski definition) is 5. The van der Waals surface area contributed by atoms with Gasteiger partial charge in [-0.15, -0.1) is 11.8 Å². The summed E-state index contributed by atoms with van der Waals surface area (Å²) in [6.07, 6.45) is 2.84. The van der Waals surface area contributed by atoms with Crippen LogP contribution in [0.15, 0.2) is 17.6 Å². The molecule has 1 fully saturated rings. The van der Waals surface area contributed by atoms with Crippen LogP contribution in [0.4, 0.5) is 0 Å². The molecule has 1 aromatic heterocycles. The minimum absolute atomic E-state index is 0.0990. The molecule has 7 nitrogen and oxygen atoms in total. The molecule has 0 aliphatic carbocycles. The number of imidazole rings is 1. The van der Waals surface area contributed by atoms with Crippen molar-refractivity contribution in [1.29, 1.82) is 0 Å².